The molecule has 0 rings (SSSR count). The van der Waals surface area contributed by atoms with Crippen LogP contribution < -0.4 is 0 Å². The first-order chi connectivity index (χ1) is 6.91. The van der Waals surface area contributed by atoms with Gasteiger partial charge in [-0.15, -0.1) is 0 Å². The predicted octanol–water partition coefficient (Wildman–Crippen LogP) is 4.33. The Morgan fingerprint density at radius 2 is 1.50 bits per heavy atom. The van der Waals surface area contributed by atoms with Crippen LogP contribution in [0.1, 0.15) is 58.3 Å². The van der Waals surface area contributed by atoms with Gasteiger partial charge >= 0.3 is 0 Å². The van der Waals surface area contributed by atoms with E-state index in [1.165, 1.54) is 44.9 Å². The molecular formula is C13H26O. The van der Waals surface area contributed by atoms with E-state index in [9.17, 15) is 0 Å². The third-order valence-electron chi connectivity index (χ3n) is 2.38. The van der Waals surface area contributed by atoms with Crippen molar-refractivity contribution in [2.45, 2.75) is 58.3 Å². The van der Waals surface area contributed by atoms with Gasteiger partial charge in [-0.1, -0.05) is 51.2 Å². The molecule has 0 aliphatic carbocycles. The van der Waals surface area contributed by atoms with Crippen LogP contribution >= 0.6 is 0 Å². The van der Waals surface area contributed by atoms with Crippen LogP contribution in [0, 0.1) is 0 Å². The summed E-state index contributed by atoms with van der Waals surface area (Å²) in [6.07, 6.45) is 15.2. The first-order valence-electron chi connectivity index (χ1n) is 6.05. The molecule has 0 aliphatic heterocycles. The first-order valence-corrected chi connectivity index (χ1v) is 6.05. The fourth-order valence-electron chi connectivity index (χ4n) is 1.46. The van der Waals surface area contributed by atoms with Gasteiger partial charge in [-0.3, -0.25) is 0 Å². The van der Waals surface area contributed by atoms with Crippen molar-refractivity contribution in [1.29, 1.82) is 0 Å². The monoisotopic (exact) mass is 198 g/mol. The molecule has 0 unspecified atom stereocenters. The van der Waals surface area contributed by atoms with Gasteiger partial charge in [0, 0.05) is 13.7 Å². The average Bonchev–Trinajstić information content (AvgIpc) is 2.21. The molecule has 0 aromatic heterocycles. The summed E-state index contributed by atoms with van der Waals surface area (Å²) in [5.74, 6) is 0. The Morgan fingerprint density at radius 3 is 2.21 bits per heavy atom. The molecule has 0 saturated heterocycles. The van der Waals surface area contributed by atoms with Crippen LogP contribution in [-0.4, -0.2) is 13.7 Å². The van der Waals surface area contributed by atoms with Crippen molar-refractivity contribution in [1.82, 2.24) is 0 Å². The maximum absolute atomic E-state index is 4.96. The summed E-state index contributed by atoms with van der Waals surface area (Å²) in [6, 6.07) is 0. The van der Waals surface area contributed by atoms with Gasteiger partial charge in [0.1, 0.15) is 0 Å². The number of rotatable bonds is 10. The summed E-state index contributed by atoms with van der Waals surface area (Å²) in [5, 5.41) is 0. The number of allylic oxidation sites excluding steroid dienone is 1. The second-order valence-corrected chi connectivity index (χ2v) is 3.81. The number of ether oxygens (including phenoxy) is 1. The fraction of sp³-hybridized carbons (Fsp3) is 0.846. The standard InChI is InChI=1S/C13H26O/c1-3-4-5-6-7-8-9-10-11-12-13-14-2/h10-11H,3-9,12-13H2,1-2H3. The maximum atomic E-state index is 4.96. The summed E-state index contributed by atoms with van der Waals surface area (Å²) in [7, 11) is 1.75. The van der Waals surface area contributed by atoms with Crippen molar-refractivity contribution in [3.8, 4) is 0 Å². The van der Waals surface area contributed by atoms with E-state index in [-0.39, 0.29) is 0 Å². The van der Waals surface area contributed by atoms with E-state index in [0.29, 0.717) is 0 Å². The molecule has 0 N–H and O–H groups in total. The second-order valence-electron chi connectivity index (χ2n) is 3.81. The van der Waals surface area contributed by atoms with Gasteiger partial charge in [0.05, 0.1) is 0 Å². The molecule has 0 spiro atoms. The number of hydrogen-bond acceptors (Lipinski definition) is 1. The Morgan fingerprint density at radius 1 is 0.857 bits per heavy atom. The zero-order valence-corrected chi connectivity index (χ0v) is 9.93. The van der Waals surface area contributed by atoms with Gasteiger partial charge in [-0.2, -0.15) is 0 Å². The van der Waals surface area contributed by atoms with Crippen molar-refractivity contribution in [2.75, 3.05) is 13.7 Å². The number of methoxy groups -OCH3 is 1. The van der Waals surface area contributed by atoms with E-state index in [4.69, 9.17) is 4.74 Å². The van der Waals surface area contributed by atoms with Crippen LogP contribution in [0.4, 0.5) is 0 Å². The van der Waals surface area contributed by atoms with Gasteiger partial charge in [-0.25, -0.2) is 0 Å². The first kappa shape index (κ1) is 13.7. The highest BCUT2D eigenvalue weighted by molar-refractivity contribution is 4.81. The lowest BCUT2D eigenvalue weighted by atomic mass is 10.1. The molecular weight excluding hydrogens is 172 g/mol. The quantitative estimate of drug-likeness (QED) is 0.375. The highest BCUT2D eigenvalue weighted by atomic mass is 16.5. The van der Waals surface area contributed by atoms with Crippen molar-refractivity contribution in [3.63, 3.8) is 0 Å². The number of unbranched alkanes of at least 4 members (excludes halogenated alkanes) is 6. The third kappa shape index (κ3) is 11.7. The van der Waals surface area contributed by atoms with E-state index in [2.05, 4.69) is 19.1 Å². The van der Waals surface area contributed by atoms with E-state index >= 15 is 0 Å². The summed E-state index contributed by atoms with van der Waals surface area (Å²) in [4.78, 5) is 0. The maximum Gasteiger partial charge on any atom is 0.0496 e. The Kier molecular flexibility index (Phi) is 12.4. The third-order valence-corrected chi connectivity index (χ3v) is 2.38. The largest absolute Gasteiger partial charge is 0.384 e. The molecule has 0 amide bonds. The summed E-state index contributed by atoms with van der Waals surface area (Å²) >= 11 is 0. The van der Waals surface area contributed by atoms with E-state index in [1.54, 1.807) is 7.11 Å². The number of hydrogen-bond donors (Lipinski definition) is 0. The Labute approximate surface area is 89.5 Å². The lowest BCUT2D eigenvalue weighted by Crippen LogP contribution is -1.83. The molecule has 0 atom stereocenters. The minimum atomic E-state index is 0.854. The second kappa shape index (κ2) is 12.7. The summed E-state index contributed by atoms with van der Waals surface area (Å²) < 4.78 is 4.96. The zero-order valence-electron chi connectivity index (χ0n) is 9.93. The van der Waals surface area contributed by atoms with Crippen molar-refractivity contribution in [2.24, 2.45) is 0 Å². The smallest absolute Gasteiger partial charge is 0.0496 e. The Bertz CT molecular complexity index is 118. The van der Waals surface area contributed by atoms with Gasteiger partial charge in [0.25, 0.3) is 0 Å². The highest BCUT2D eigenvalue weighted by Gasteiger charge is 1.87. The van der Waals surface area contributed by atoms with Gasteiger partial charge in [0.15, 0.2) is 0 Å². The molecule has 14 heavy (non-hydrogen) atoms. The minimum absolute atomic E-state index is 0.854. The molecule has 0 aromatic rings. The zero-order chi connectivity index (χ0) is 10.5. The Hall–Kier alpha value is -0.300. The molecule has 0 bridgehead atoms. The van der Waals surface area contributed by atoms with Gasteiger partial charge in [0.2, 0.25) is 0 Å². The van der Waals surface area contributed by atoms with Crippen molar-refractivity contribution < 1.29 is 4.74 Å². The average molecular weight is 198 g/mol. The molecule has 1 nitrogen and oxygen atoms in total. The minimum Gasteiger partial charge on any atom is -0.384 e. The van der Waals surface area contributed by atoms with Crippen LogP contribution in [0.15, 0.2) is 12.2 Å². The van der Waals surface area contributed by atoms with Crippen molar-refractivity contribution in [3.05, 3.63) is 12.2 Å². The predicted molar refractivity (Wildman–Crippen MR) is 63.6 cm³/mol. The highest BCUT2D eigenvalue weighted by Crippen LogP contribution is 2.07. The van der Waals surface area contributed by atoms with Crippen LogP contribution in [0.5, 0.6) is 0 Å². The van der Waals surface area contributed by atoms with Crippen LogP contribution in [0.25, 0.3) is 0 Å². The molecule has 0 fully saturated rings. The molecule has 0 heterocycles. The van der Waals surface area contributed by atoms with Crippen LogP contribution in [0.3, 0.4) is 0 Å². The fourth-order valence-corrected chi connectivity index (χ4v) is 1.46. The lowest BCUT2D eigenvalue weighted by Gasteiger charge is -1.97. The molecule has 0 radical (unpaired) electrons. The SMILES string of the molecule is CCCCCCCCC=CCCOC. The van der Waals surface area contributed by atoms with E-state index < -0.39 is 0 Å². The van der Waals surface area contributed by atoms with Gasteiger partial charge < -0.3 is 4.74 Å². The molecule has 0 aliphatic rings. The molecule has 0 aromatic carbocycles. The molecule has 1 heteroatoms. The summed E-state index contributed by atoms with van der Waals surface area (Å²) in [6.45, 7) is 3.12. The van der Waals surface area contributed by atoms with Gasteiger partial charge in [-0.05, 0) is 19.3 Å². The van der Waals surface area contributed by atoms with Crippen molar-refractivity contribution >= 4 is 0 Å². The molecule has 0 saturated carbocycles. The Balaban J connectivity index is 2.94. The van der Waals surface area contributed by atoms with Crippen LogP contribution in [-0.2, 0) is 4.74 Å². The van der Waals surface area contributed by atoms with Crippen LogP contribution in [0.2, 0.25) is 0 Å². The lowest BCUT2D eigenvalue weighted by molar-refractivity contribution is 0.204. The van der Waals surface area contributed by atoms with E-state index in [0.717, 1.165) is 13.0 Å². The molecule has 84 valence electrons. The van der Waals surface area contributed by atoms with E-state index in [1.807, 2.05) is 0 Å². The normalized spacial score (nSPS) is 11.3. The summed E-state index contributed by atoms with van der Waals surface area (Å²) in [5.41, 5.74) is 0. The topological polar surface area (TPSA) is 9.23 Å².